The van der Waals surface area contributed by atoms with Crippen molar-refractivity contribution >= 4 is 39.3 Å². The molecule has 2 nitrogen and oxygen atoms in total. The molecule has 0 saturated heterocycles. The fraction of sp³-hybridized carbons (Fsp3) is 0.500. The minimum absolute atomic E-state index is 0.0936. The summed E-state index contributed by atoms with van der Waals surface area (Å²) in [6.07, 6.45) is 0. The van der Waals surface area contributed by atoms with E-state index in [-0.39, 0.29) is 5.54 Å². The van der Waals surface area contributed by atoms with Gasteiger partial charge in [-0.15, -0.1) is 11.8 Å². The molecule has 0 spiro atoms. The highest BCUT2D eigenvalue weighted by molar-refractivity contribution is 8.47. The predicted octanol–water partition coefficient (Wildman–Crippen LogP) is 5.44. The first-order valence-electron chi connectivity index (χ1n) is 6.19. The van der Waals surface area contributed by atoms with Crippen LogP contribution in [-0.2, 0) is 0 Å². The summed E-state index contributed by atoms with van der Waals surface area (Å²) in [4.78, 5) is 1.18. The van der Waals surface area contributed by atoms with Gasteiger partial charge in [-0.05, 0) is 32.9 Å². The van der Waals surface area contributed by atoms with Crippen molar-refractivity contribution in [2.75, 3.05) is 6.54 Å². The molecule has 0 saturated carbocycles. The Hall–Kier alpha value is -0.390. The number of nitrogens with zero attached hydrogens (tertiary/aromatic N) is 2. The Morgan fingerprint density at radius 3 is 2.47 bits per heavy atom. The first-order chi connectivity index (χ1) is 8.87. The van der Waals surface area contributed by atoms with E-state index in [0.717, 1.165) is 3.53 Å². The van der Waals surface area contributed by atoms with Gasteiger partial charge in [-0.2, -0.15) is 10.2 Å². The highest BCUT2D eigenvalue weighted by atomic mass is 32.2. The van der Waals surface area contributed by atoms with Gasteiger partial charge >= 0.3 is 0 Å². The molecule has 104 valence electrons. The van der Waals surface area contributed by atoms with Gasteiger partial charge in [0.1, 0.15) is 3.53 Å². The molecule has 0 amide bonds. The fourth-order valence-corrected chi connectivity index (χ4v) is 3.89. The van der Waals surface area contributed by atoms with Gasteiger partial charge in [0.05, 0.1) is 12.1 Å². The molecule has 0 heterocycles. The first kappa shape index (κ1) is 16.7. The molecule has 1 rings (SSSR count). The third kappa shape index (κ3) is 8.39. The van der Waals surface area contributed by atoms with Crippen molar-refractivity contribution in [3.05, 3.63) is 30.3 Å². The van der Waals surface area contributed by atoms with Crippen LogP contribution in [0.2, 0.25) is 0 Å². The molecule has 1 aromatic rings. The third-order valence-electron chi connectivity index (χ3n) is 1.95. The number of rotatable bonds is 4. The lowest BCUT2D eigenvalue weighted by atomic mass is 10.1. The van der Waals surface area contributed by atoms with Gasteiger partial charge < -0.3 is 0 Å². The van der Waals surface area contributed by atoms with Crippen molar-refractivity contribution in [1.29, 1.82) is 0 Å². The molecule has 0 aromatic heterocycles. The molecule has 0 fully saturated rings. The van der Waals surface area contributed by atoms with Crippen LogP contribution in [0.5, 0.6) is 0 Å². The van der Waals surface area contributed by atoms with Crippen molar-refractivity contribution in [3.63, 3.8) is 0 Å². The molecule has 0 aliphatic heterocycles. The lowest BCUT2D eigenvalue weighted by molar-refractivity contribution is 0.538. The van der Waals surface area contributed by atoms with Crippen molar-refractivity contribution in [2.24, 2.45) is 10.2 Å². The van der Waals surface area contributed by atoms with Gasteiger partial charge in [-0.25, -0.2) is 0 Å². The summed E-state index contributed by atoms with van der Waals surface area (Å²) < 4.78 is 0.935. The number of thioether (sulfide) groups is 2. The van der Waals surface area contributed by atoms with Crippen molar-refractivity contribution in [2.45, 2.75) is 43.4 Å². The van der Waals surface area contributed by atoms with E-state index in [1.807, 2.05) is 39.0 Å². The minimum atomic E-state index is -0.0936. The highest BCUT2D eigenvalue weighted by Crippen LogP contribution is 2.28. The summed E-state index contributed by atoms with van der Waals surface area (Å²) in [5.74, 6) is 0. The number of benzene rings is 1. The monoisotopic (exact) mass is 312 g/mol. The first-order valence-corrected chi connectivity index (χ1v) is 8.29. The standard InChI is InChI=1S/C14H20N2S3/c1-11(10-15-16-14(2,3)4)18-13(17)19-12-8-6-5-7-9-12/h5-9,11H,10H2,1-4H3. The van der Waals surface area contributed by atoms with Gasteiger partial charge in [0, 0.05) is 10.1 Å². The van der Waals surface area contributed by atoms with Crippen LogP contribution in [0.4, 0.5) is 0 Å². The molecule has 0 N–H and O–H groups in total. The van der Waals surface area contributed by atoms with Crippen molar-refractivity contribution < 1.29 is 0 Å². The zero-order valence-corrected chi connectivity index (χ0v) is 14.2. The van der Waals surface area contributed by atoms with Crippen LogP contribution in [0.25, 0.3) is 0 Å². The smallest absolute Gasteiger partial charge is 0.109 e. The number of hydrogen-bond donors (Lipinski definition) is 0. The van der Waals surface area contributed by atoms with Gasteiger partial charge in [0.2, 0.25) is 0 Å². The Labute approximate surface area is 129 Å². The number of azo groups is 1. The Morgan fingerprint density at radius 2 is 1.89 bits per heavy atom. The molecule has 0 aliphatic carbocycles. The van der Waals surface area contributed by atoms with E-state index in [1.54, 1.807) is 23.5 Å². The van der Waals surface area contributed by atoms with E-state index in [9.17, 15) is 0 Å². The highest BCUT2D eigenvalue weighted by Gasteiger charge is 2.10. The van der Waals surface area contributed by atoms with Crippen LogP contribution >= 0.6 is 35.7 Å². The normalized spacial score (nSPS) is 13.7. The van der Waals surface area contributed by atoms with Crippen LogP contribution in [-0.4, -0.2) is 20.9 Å². The van der Waals surface area contributed by atoms with Crippen molar-refractivity contribution in [1.82, 2.24) is 0 Å². The molecule has 19 heavy (non-hydrogen) atoms. The summed E-state index contributed by atoms with van der Waals surface area (Å²) in [7, 11) is 0. The second-order valence-corrected chi connectivity index (χ2v) is 8.90. The second kappa shape index (κ2) is 8.02. The van der Waals surface area contributed by atoms with E-state index in [0.29, 0.717) is 11.8 Å². The van der Waals surface area contributed by atoms with E-state index in [4.69, 9.17) is 12.2 Å². The zero-order chi connectivity index (χ0) is 14.3. The lowest BCUT2D eigenvalue weighted by Gasteiger charge is -2.11. The summed E-state index contributed by atoms with van der Waals surface area (Å²) in [6, 6.07) is 10.2. The number of thiocarbonyl (C=S) groups is 1. The maximum absolute atomic E-state index is 5.39. The van der Waals surface area contributed by atoms with E-state index < -0.39 is 0 Å². The van der Waals surface area contributed by atoms with E-state index in [1.165, 1.54) is 4.90 Å². The van der Waals surface area contributed by atoms with Crippen molar-refractivity contribution in [3.8, 4) is 0 Å². The summed E-state index contributed by atoms with van der Waals surface area (Å²) in [5, 5.41) is 8.84. The molecular formula is C14H20N2S3. The van der Waals surface area contributed by atoms with Crippen LogP contribution in [0.15, 0.2) is 45.5 Å². The average Bonchev–Trinajstić information content (AvgIpc) is 2.28. The van der Waals surface area contributed by atoms with Gasteiger partial charge in [0.15, 0.2) is 0 Å². The van der Waals surface area contributed by atoms with Crippen LogP contribution in [0.3, 0.4) is 0 Å². The summed E-state index contributed by atoms with van der Waals surface area (Å²) in [6.45, 7) is 8.97. The molecule has 1 aromatic carbocycles. The Kier molecular flexibility index (Phi) is 7.04. The predicted molar refractivity (Wildman–Crippen MR) is 91.4 cm³/mol. The number of hydrogen-bond acceptors (Lipinski definition) is 5. The largest absolute Gasteiger partial charge is 0.192 e. The molecule has 0 bridgehead atoms. The Balaban J connectivity index is 2.34. The molecule has 1 unspecified atom stereocenters. The maximum Gasteiger partial charge on any atom is 0.109 e. The van der Waals surface area contributed by atoms with Crippen LogP contribution in [0, 0.1) is 0 Å². The van der Waals surface area contributed by atoms with E-state index >= 15 is 0 Å². The quantitative estimate of drug-likeness (QED) is 0.420. The Bertz CT molecular complexity index is 424. The SMILES string of the molecule is CC(CN=NC(C)(C)C)SC(=S)Sc1ccccc1. The lowest BCUT2D eigenvalue weighted by Crippen LogP contribution is -2.10. The molecule has 0 aliphatic rings. The second-order valence-electron chi connectivity index (χ2n) is 5.19. The maximum atomic E-state index is 5.39. The van der Waals surface area contributed by atoms with Gasteiger partial charge in [0.25, 0.3) is 0 Å². The molecule has 5 heteroatoms. The molecular weight excluding hydrogens is 292 g/mol. The van der Waals surface area contributed by atoms with E-state index in [2.05, 4.69) is 29.3 Å². The fourth-order valence-electron chi connectivity index (χ4n) is 1.18. The third-order valence-corrected chi connectivity index (χ3v) is 4.45. The average molecular weight is 313 g/mol. The van der Waals surface area contributed by atoms with Gasteiger partial charge in [-0.3, -0.25) is 0 Å². The zero-order valence-electron chi connectivity index (χ0n) is 11.8. The van der Waals surface area contributed by atoms with Crippen LogP contribution < -0.4 is 0 Å². The topological polar surface area (TPSA) is 24.7 Å². The summed E-state index contributed by atoms with van der Waals surface area (Å²) >= 11 is 8.71. The summed E-state index contributed by atoms with van der Waals surface area (Å²) in [5.41, 5.74) is -0.0936. The Morgan fingerprint density at radius 1 is 1.26 bits per heavy atom. The molecule has 1 atom stereocenters. The molecule has 0 radical (unpaired) electrons. The minimum Gasteiger partial charge on any atom is -0.192 e. The van der Waals surface area contributed by atoms with Crippen LogP contribution in [0.1, 0.15) is 27.7 Å². The van der Waals surface area contributed by atoms with Gasteiger partial charge in [-0.1, -0.05) is 49.1 Å².